The van der Waals surface area contributed by atoms with Crippen molar-refractivity contribution in [3.05, 3.63) is 30.0 Å². The molecule has 2 aliphatic heterocycles. The Hall–Kier alpha value is -3.40. The zero-order valence-electron chi connectivity index (χ0n) is 20.3. The topological polar surface area (TPSA) is 141 Å². The highest BCUT2D eigenvalue weighted by molar-refractivity contribution is 6.02. The van der Waals surface area contributed by atoms with Crippen LogP contribution >= 0.6 is 0 Å². The van der Waals surface area contributed by atoms with E-state index in [1.807, 2.05) is 18.2 Å². The van der Waals surface area contributed by atoms with Crippen LogP contribution in [-0.2, 0) is 14.4 Å². The summed E-state index contributed by atoms with van der Waals surface area (Å²) >= 11 is 0. The van der Waals surface area contributed by atoms with Crippen molar-refractivity contribution in [3.8, 4) is 5.75 Å². The number of aliphatic hydroxyl groups excluding tert-OH is 1. The van der Waals surface area contributed by atoms with Crippen LogP contribution in [0.2, 0.25) is 0 Å². The van der Waals surface area contributed by atoms with Crippen molar-refractivity contribution >= 4 is 34.4 Å². The van der Waals surface area contributed by atoms with Crippen LogP contribution in [0.1, 0.15) is 42.6 Å². The molecule has 36 heavy (non-hydrogen) atoms. The van der Waals surface area contributed by atoms with Crippen LogP contribution in [-0.4, -0.2) is 77.4 Å². The van der Waals surface area contributed by atoms with E-state index in [4.69, 9.17) is 4.74 Å². The summed E-state index contributed by atoms with van der Waals surface area (Å²) in [5.41, 5.74) is 1.14. The summed E-state index contributed by atoms with van der Waals surface area (Å²) in [6.07, 6.45) is 3.47. The van der Waals surface area contributed by atoms with Crippen molar-refractivity contribution in [1.29, 1.82) is 0 Å². The van der Waals surface area contributed by atoms with E-state index in [2.05, 4.69) is 15.6 Å². The van der Waals surface area contributed by atoms with Gasteiger partial charge in [0.25, 0.3) is 5.91 Å². The number of nitrogens with one attached hydrogen (secondary N) is 3. The molecule has 10 heteroatoms. The second-order valence-electron chi connectivity index (χ2n) is 10.1. The van der Waals surface area contributed by atoms with E-state index in [9.17, 15) is 24.3 Å². The lowest BCUT2D eigenvalue weighted by atomic mass is 9.92. The number of aromatic nitrogens is 1. The number of carbonyl (C=O) groups excluding carboxylic acids is 4. The number of likely N-dealkylation sites (tertiary alicyclic amines) is 1. The SMILES string of the molecule is COc1cccc2[nH]c(C(=O)N3C[C@H]4CCC[C@H]4[C@H]3C(=O)N[C@@H](C[C@@H]3CCNC3=O)C(=O)CO)cc12. The highest BCUT2D eigenvalue weighted by atomic mass is 16.5. The smallest absolute Gasteiger partial charge is 0.271 e. The van der Waals surface area contributed by atoms with Gasteiger partial charge in [-0.3, -0.25) is 19.2 Å². The summed E-state index contributed by atoms with van der Waals surface area (Å²) in [6.45, 7) is 0.273. The van der Waals surface area contributed by atoms with Crippen molar-refractivity contribution in [2.24, 2.45) is 17.8 Å². The van der Waals surface area contributed by atoms with Gasteiger partial charge in [0, 0.05) is 29.9 Å². The lowest BCUT2D eigenvalue weighted by molar-refractivity contribution is -0.133. The number of ketones is 1. The number of methoxy groups -OCH3 is 1. The number of aromatic amines is 1. The molecule has 5 rings (SSSR count). The predicted molar refractivity (Wildman–Crippen MR) is 130 cm³/mol. The lowest BCUT2D eigenvalue weighted by Gasteiger charge is -2.29. The zero-order chi connectivity index (χ0) is 25.4. The molecule has 0 radical (unpaired) electrons. The number of aliphatic hydroxyl groups is 1. The number of nitrogens with zero attached hydrogens (tertiary/aromatic N) is 1. The van der Waals surface area contributed by atoms with Crippen LogP contribution in [0.25, 0.3) is 10.9 Å². The van der Waals surface area contributed by atoms with Gasteiger partial charge < -0.3 is 30.4 Å². The fourth-order valence-corrected chi connectivity index (χ4v) is 6.22. The first kappa shape index (κ1) is 24.3. The average molecular weight is 497 g/mol. The van der Waals surface area contributed by atoms with E-state index >= 15 is 0 Å². The number of rotatable bonds is 8. The van der Waals surface area contributed by atoms with E-state index < -0.39 is 36.3 Å². The fraction of sp³-hybridized carbons (Fsp3) is 0.538. The van der Waals surface area contributed by atoms with Crippen LogP contribution in [0, 0.1) is 17.8 Å². The van der Waals surface area contributed by atoms with Crippen molar-refractivity contribution in [1.82, 2.24) is 20.5 Å². The van der Waals surface area contributed by atoms with E-state index in [0.717, 1.165) is 30.2 Å². The van der Waals surface area contributed by atoms with E-state index in [-0.39, 0.29) is 30.1 Å². The van der Waals surface area contributed by atoms with Crippen LogP contribution in [0.3, 0.4) is 0 Å². The van der Waals surface area contributed by atoms with Gasteiger partial charge in [0.15, 0.2) is 5.78 Å². The van der Waals surface area contributed by atoms with Gasteiger partial charge in [-0.2, -0.15) is 0 Å². The summed E-state index contributed by atoms with van der Waals surface area (Å²) in [7, 11) is 1.57. The first-order valence-electron chi connectivity index (χ1n) is 12.6. The molecule has 2 aromatic rings. The van der Waals surface area contributed by atoms with Gasteiger partial charge in [0.1, 0.15) is 24.1 Å². The number of Topliss-reactive ketones (excluding diaryl/α,β-unsaturated/α-hetero) is 1. The zero-order valence-corrected chi connectivity index (χ0v) is 20.3. The van der Waals surface area contributed by atoms with Gasteiger partial charge in [-0.05, 0) is 55.7 Å². The Bertz CT molecular complexity index is 1190. The van der Waals surface area contributed by atoms with Gasteiger partial charge in [-0.1, -0.05) is 12.5 Å². The number of benzene rings is 1. The summed E-state index contributed by atoms with van der Waals surface area (Å²) in [5, 5.41) is 15.8. The van der Waals surface area contributed by atoms with Crippen molar-refractivity contribution < 1.29 is 29.0 Å². The Morgan fingerprint density at radius 2 is 2.08 bits per heavy atom. The minimum absolute atomic E-state index is 0.00696. The quantitative estimate of drug-likeness (QED) is 0.430. The third-order valence-electron chi connectivity index (χ3n) is 8.04. The predicted octanol–water partition coefficient (Wildman–Crippen LogP) is 0.990. The van der Waals surface area contributed by atoms with Crippen molar-refractivity contribution in [2.75, 3.05) is 26.8 Å². The summed E-state index contributed by atoms with van der Waals surface area (Å²) in [4.78, 5) is 56.6. The Balaban J connectivity index is 1.39. The minimum atomic E-state index is -0.980. The monoisotopic (exact) mass is 496 g/mol. The molecule has 1 saturated carbocycles. The molecule has 4 N–H and O–H groups in total. The molecule has 10 nitrogen and oxygen atoms in total. The van der Waals surface area contributed by atoms with Gasteiger partial charge >= 0.3 is 0 Å². The average Bonchev–Trinajstić information content (AvgIpc) is 3.66. The van der Waals surface area contributed by atoms with Crippen molar-refractivity contribution in [3.63, 3.8) is 0 Å². The second kappa shape index (κ2) is 9.93. The Labute approximate surface area is 208 Å². The number of amides is 3. The van der Waals surface area contributed by atoms with E-state index in [1.54, 1.807) is 18.1 Å². The molecule has 3 fully saturated rings. The Kier molecular flexibility index (Phi) is 6.70. The molecular formula is C26H32N4O6. The highest BCUT2D eigenvalue weighted by Crippen LogP contribution is 2.43. The minimum Gasteiger partial charge on any atom is -0.496 e. The molecule has 5 atom stereocenters. The van der Waals surface area contributed by atoms with E-state index in [1.165, 1.54) is 0 Å². The molecule has 2 saturated heterocycles. The molecule has 1 aromatic heterocycles. The second-order valence-corrected chi connectivity index (χ2v) is 10.1. The molecule has 3 heterocycles. The van der Waals surface area contributed by atoms with Gasteiger partial charge in [0.2, 0.25) is 11.8 Å². The first-order valence-corrected chi connectivity index (χ1v) is 12.6. The van der Waals surface area contributed by atoms with Crippen LogP contribution in [0.4, 0.5) is 0 Å². The van der Waals surface area contributed by atoms with Gasteiger partial charge in [-0.15, -0.1) is 0 Å². The largest absolute Gasteiger partial charge is 0.496 e. The van der Waals surface area contributed by atoms with Crippen LogP contribution in [0.15, 0.2) is 24.3 Å². The van der Waals surface area contributed by atoms with Crippen LogP contribution in [0.5, 0.6) is 5.75 Å². The molecule has 0 spiro atoms. The lowest BCUT2D eigenvalue weighted by Crippen LogP contribution is -2.53. The molecule has 3 amide bonds. The normalized spacial score (nSPS) is 26.1. The standard InChI is InChI=1S/C26H32N4O6/c1-36-22-7-3-6-18-17(22)11-20(28-18)26(35)30-12-15-4-2-5-16(15)23(30)25(34)29-19(21(32)13-31)10-14-8-9-27-24(14)33/h3,6-7,11,14-16,19,23,28,31H,2,4-5,8-10,12-13H2,1H3,(H,27,33)(H,29,34)/t14-,15+,16+,19-,23-/m0/s1. The molecule has 3 aliphatic rings. The molecule has 1 aromatic carbocycles. The van der Waals surface area contributed by atoms with Gasteiger partial charge in [-0.25, -0.2) is 0 Å². The Morgan fingerprint density at radius 3 is 2.81 bits per heavy atom. The number of hydrogen-bond acceptors (Lipinski definition) is 6. The fourth-order valence-electron chi connectivity index (χ4n) is 6.22. The number of hydrogen-bond donors (Lipinski definition) is 4. The maximum absolute atomic E-state index is 13.7. The number of carbonyl (C=O) groups is 4. The molecule has 0 unspecified atom stereocenters. The maximum atomic E-state index is 13.7. The summed E-state index contributed by atoms with van der Waals surface area (Å²) in [5.74, 6) is -0.889. The van der Waals surface area contributed by atoms with Crippen molar-refractivity contribution in [2.45, 2.75) is 44.2 Å². The molecule has 0 bridgehead atoms. The summed E-state index contributed by atoms with van der Waals surface area (Å²) in [6, 6.07) is 5.57. The number of fused-ring (bicyclic) bond motifs is 2. The third-order valence-corrected chi connectivity index (χ3v) is 8.04. The molecular weight excluding hydrogens is 464 g/mol. The molecule has 1 aliphatic carbocycles. The number of ether oxygens (including phenoxy) is 1. The van der Waals surface area contributed by atoms with Gasteiger partial charge in [0.05, 0.1) is 13.2 Å². The molecule has 192 valence electrons. The first-order chi connectivity index (χ1) is 17.4. The Morgan fingerprint density at radius 1 is 1.25 bits per heavy atom. The van der Waals surface area contributed by atoms with E-state index in [0.29, 0.717) is 31.0 Å². The highest BCUT2D eigenvalue weighted by Gasteiger charge is 2.50. The van der Waals surface area contributed by atoms with Crippen LogP contribution < -0.4 is 15.4 Å². The third kappa shape index (κ3) is 4.34. The maximum Gasteiger partial charge on any atom is 0.271 e. The number of H-pyrrole nitrogens is 1. The summed E-state index contributed by atoms with van der Waals surface area (Å²) < 4.78 is 5.42.